The smallest absolute Gasteiger partial charge is 0.218 e. The van der Waals surface area contributed by atoms with Gasteiger partial charge in [0.25, 0.3) is 0 Å². The Balaban J connectivity index is 0.00000364. The lowest BCUT2D eigenvalue weighted by Crippen LogP contribution is -2.41. The molecule has 1 aromatic heterocycles. The van der Waals surface area contributed by atoms with Crippen molar-refractivity contribution in [3.05, 3.63) is 48.2 Å². The Morgan fingerprint density at radius 1 is 1.11 bits per heavy atom. The molecule has 0 amide bonds. The number of methoxy groups -OCH3 is 2. The maximum absolute atomic E-state index is 5.90. The summed E-state index contributed by atoms with van der Waals surface area (Å²) in [6.45, 7) is 3.15. The first-order chi connectivity index (χ1) is 12.7. The molecule has 2 N–H and O–H groups in total. The second-order valence-electron chi connectivity index (χ2n) is 5.59. The molecule has 2 rings (SSSR count). The normalized spacial score (nSPS) is 11.8. The van der Waals surface area contributed by atoms with Crippen molar-refractivity contribution in [2.24, 2.45) is 4.99 Å². The zero-order chi connectivity index (χ0) is 18.8. The van der Waals surface area contributed by atoms with Gasteiger partial charge in [-0.3, -0.25) is 4.99 Å². The number of nitrogens with one attached hydrogen (secondary N) is 2. The van der Waals surface area contributed by atoms with Crippen molar-refractivity contribution < 1.29 is 14.2 Å². The third-order valence-electron chi connectivity index (χ3n) is 3.65. The summed E-state index contributed by atoms with van der Waals surface area (Å²) in [5.41, 5.74) is 0.957. The molecular weight excluding hydrogens is 459 g/mol. The van der Waals surface area contributed by atoms with Gasteiger partial charge in [0.05, 0.1) is 20.8 Å². The first kappa shape index (κ1) is 22.8. The quantitative estimate of drug-likeness (QED) is 0.340. The molecule has 8 heteroatoms. The summed E-state index contributed by atoms with van der Waals surface area (Å²) < 4.78 is 16.4. The fraction of sp³-hybridized carbons (Fsp3) is 0.368. The van der Waals surface area contributed by atoms with Gasteiger partial charge in [-0.1, -0.05) is 12.1 Å². The van der Waals surface area contributed by atoms with Crippen LogP contribution in [0.2, 0.25) is 0 Å². The van der Waals surface area contributed by atoms with Crippen LogP contribution >= 0.6 is 24.0 Å². The molecular formula is C19H27IN4O3. The highest BCUT2D eigenvalue weighted by atomic mass is 127. The van der Waals surface area contributed by atoms with Crippen LogP contribution in [0.5, 0.6) is 17.4 Å². The first-order valence-corrected chi connectivity index (χ1v) is 8.39. The van der Waals surface area contributed by atoms with Gasteiger partial charge in [0.1, 0.15) is 17.6 Å². The maximum atomic E-state index is 5.90. The maximum Gasteiger partial charge on any atom is 0.218 e. The number of hydrogen-bond acceptors (Lipinski definition) is 5. The van der Waals surface area contributed by atoms with Crippen molar-refractivity contribution in [1.82, 2.24) is 15.6 Å². The van der Waals surface area contributed by atoms with Crippen molar-refractivity contribution in [1.29, 1.82) is 0 Å². The Labute approximate surface area is 177 Å². The van der Waals surface area contributed by atoms with E-state index in [9.17, 15) is 0 Å². The lowest BCUT2D eigenvalue weighted by atomic mass is 10.2. The number of guanidine groups is 1. The summed E-state index contributed by atoms with van der Waals surface area (Å²) in [5.74, 6) is 2.81. The molecule has 0 spiro atoms. The molecule has 1 atom stereocenters. The molecule has 1 aromatic carbocycles. The largest absolute Gasteiger partial charge is 0.497 e. The zero-order valence-electron chi connectivity index (χ0n) is 16.1. The summed E-state index contributed by atoms with van der Waals surface area (Å²) in [5, 5.41) is 6.49. The van der Waals surface area contributed by atoms with E-state index in [2.05, 4.69) is 20.6 Å². The number of pyridine rings is 1. The lowest BCUT2D eigenvalue weighted by molar-refractivity contribution is 0.223. The van der Waals surface area contributed by atoms with Gasteiger partial charge < -0.3 is 24.8 Å². The minimum atomic E-state index is -0.0476. The van der Waals surface area contributed by atoms with E-state index in [-0.39, 0.29) is 30.1 Å². The Morgan fingerprint density at radius 3 is 2.59 bits per heavy atom. The molecule has 27 heavy (non-hydrogen) atoms. The van der Waals surface area contributed by atoms with Crippen molar-refractivity contribution in [2.75, 3.05) is 27.8 Å². The van der Waals surface area contributed by atoms with Crippen LogP contribution in [-0.2, 0) is 6.54 Å². The van der Waals surface area contributed by atoms with Crippen LogP contribution < -0.4 is 24.8 Å². The Kier molecular flexibility index (Phi) is 10.3. The average molecular weight is 486 g/mol. The van der Waals surface area contributed by atoms with Crippen molar-refractivity contribution >= 4 is 29.9 Å². The summed E-state index contributed by atoms with van der Waals surface area (Å²) >= 11 is 0. The van der Waals surface area contributed by atoms with Crippen LogP contribution in [0.15, 0.2) is 47.6 Å². The van der Waals surface area contributed by atoms with Gasteiger partial charge in [-0.25, -0.2) is 4.98 Å². The van der Waals surface area contributed by atoms with Crippen molar-refractivity contribution in [3.8, 4) is 17.4 Å². The predicted octanol–water partition coefficient (Wildman–Crippen LogP) is 2.85. The predicted molar refractivity (Wildman–Crippen MR) is 117 cm³/mol. The molecule has 1 unspecified atom stereocenters. The molecule has 7 nitrogen and oxygen atoms in total. The molecule has 0 aliphatic carbocycles. The number of ether oxygens (including phenoxy) is 3. The van der Waals surface area contributed by atoms with E-state index in [4.69, 9.17) is 14.2 Å². The SMILES string of the molecule is CN=C(NCc1cccnc1OC)NCC(C)Oc1cccc(OC)c1.I. The van der Waals surface area contributed by atoms with Crippen LogP contribution in [0.1, 0.15) is 12.5 Å². The summed E-state index contributed by atoms with van der Waals surface area (Å²) in [6, 6.07) is 11.4. The Hall–Kier alpha value is -2.23. The van der Waals surface area contributed by atoms with Gasteiger partial charge in [0.2, 0.25) is 5.88 Å². The highest BCUT2D eigenvalue weighted by molar-refractivity contribution is 14.0. The number of benzene rings is 1. The Morgan fingerprint density at radius 2 is 1.89 bits per heavy atom. The van der Waals surface area contributed by atoms with Crippen LogP contribution in [0.4, 0.5) is 0 Å². The van der Waals surface area contributed by atoms with E-state index >= 15 is 0 Å². The van der Waals surface area contributed by atoms with Gasteiger partial charge in [-0.05, 0) is 25.1 Å². The first-order valence-electron chi connectivity index (χ1n) is 8.39. The van der Waals surface area contributed by atoms with Gasteiger partial charge in [0, 0.05) is 31.4 Å². The van der Waals surface area contributed by atoms with Crippen LogP contribution in [0.3, 0.4) is 0 Å². The molecule has 0 aliphatic heterocycles. The fourth-order valence-electron chi connectivity index (χ4n) is 2.33. The van der Waals surface area contributed by atoms with Crippen LogP contribution in [0, 0.1) is 0 Å². The third kappa shape index (κ3) is 7.49. The molecule has 148 valence electrons. The third-order valence-corrected chi connectivity index (χ3v) is 3.65. The lowest BCUT2D eigenvalue weighted by Gasteiger charge is -2.18. The van der Waals surface area contributed by atoms with E-state index in [1.54, 1.807) is 27.5 Å². The van der Waals surface area contributed by atoms with E-state index in [1.165, 1.54) is 0 Å². The number of halogens is 1. The second-order valence-corrected chi connectivity index (χ2v) is 5.59. The highest BCUT2D eigenvalue weighted by Gasteiger charge is 2.08. The molecule has 0 fully saturated rings. The molecule has 0 saturated heterocycles. The molecule has 0 saturated carbocycles. The summed E-state index contributed by atoms with van der Waals surface area (Å²) in [6.07, 6.45) is 1.65. The minimum Gasteiger partial charge on any atom is -0.497 e. The minimum absolute atomic E-state index is 0. The number of rotatable bonds is 8. The molecule has 0 aliphatic rings. The fourth-order valence-corrected chi connectivity index (χ4v) is 2.33. The second kappa shape index (κ2) is 12.2. The molecule has 0 bridgehead atoms. The monoisotopic (exact) mass is 486 g/mol. The number of aromatic nitrogens is 1. The highest BCUT2D eigenvalue weighted by Crippen LogP contribution is 2.19. The summed E-state index contributed by atoms with van der Waals surface area (Å²) in [4.78, 5) is 8.41. The van der Waals surface area contributed by atoms with E-state index in [1.807, 2.05) is 43.3 Å². The number of nitrogens with zero attached hydrogens (tertiary/aromatic N) is 2. The van der Waals surface area contributed by atoms with Crippen molar-refractivity contribution in [2.45, 2.75) is 19.6 Å². The van der Waals surface area contributed by atoms with Gasteiger partial charge >= 0.3 is 0 Å². The topological polar surface area (TPSA) is 77.0 Å². The standard InChI is InChI=1S/C19H26N4O3.HI/c1-14(26-17-9-5-8-16(11-17)24-3)12-22-19(20-2)23-13-15-7-6-10-21-18(15)25-4;/h5-11,14H,12-13H2,1-4H3,(H2,20,22,23);1H. The number of aliphatic imine (C=N–C) groups is 1. The van der Waals surface area contributed by atoms with Gasteiger partial charge in [-0.15, -0.1) is 24.0 Å². The molecule has 2 aromatic rings. The van der Waals surface area contributed by atoms with Crippen LogP contribution in [-0.4, -0.2) is 44.9 Å². The van der Waals surface area contributed by atoms with E-state index < -0.39 is 0 Å². The van der Waals surface area contributed by atoms with Gasteiger partial charge in [-0.2, -0.15) is 0 Å². The Bertz CT molecular complexity index is 728. The summed E-state index contributed by atoms with van der Waals surface area (Å²) in [7, 11) is 4.97. The number of hydrogen-bond donors (Lipinski definition) is 2. The van der Waals surface area contributed by atoms with Crippen molar-refractivity contribution in [3.63, 3.8) is 0 Å². The van der Waals surface area contributed by atoms with E-state index in [0.29, 0.717) is 24.9 Å². The zero-order valence-corrected chi connectivity index (χ0v) is 18.4. The van der Waals surface area contributed by atoms with E-state index in [0.717, 1.165) is 17.1 Å². The van der Waals surface area contributed by atoms with Gasteiger partial charge in [0.15, 0.2) is 5.96 Å². The molecule has 1 heterocycles. The average Bonchev–Trinajstić information content (AvgIpc) is 2.68. The van der Waals surface area contributed by atoms with Crippen LogP contribution in [0.25, 0.3) is 0 Å². The molecule has 0 radical (unpaired) electrons.